The van der Waals surface area contributed by atoms with Gasteiger partial charge in [0.2, 0.25) is 0 Å². The molecule has 0 atom stereocenters. The van der Waals surface area contributed by atoms with E-state index in [0.29, 0.717) is 0 Å². The molecule has 0 N–H and O–H groups in total. The zero-order valence-corrected chi connectivity index (χ0v) is 77.3. The van der Waals surface area contributed by atoms with E-state index < -0.39 is 7.12 Å². The molecule has 1 fully saturated rings. The predicted molar refractivity (Wildman–Crippen MR) is 576 cm³/mol. The van der Waals surface area contributed by atoms with Crippen molar-refractivity contribution in [2.24, 2.45) is 0 Å². The summed E-state index contributed by atoms with van der Waals surface area (Å²) >= 11 is 3.59. The van der Waals surface area contributed by atoms with Gasteiger partial charge in [0.25, 0.3) is 0 Å². The number of fused-ring (bicyclic) bond motifs is 24. The van der Waals surface area contributed by atoms with Gasteiger partial charge in [-0.1, -0.05) is 234 Å². The number of aromatic nitrogens is 4. The number of hydrogen-bond donors (Lipinski definition) is 0. The first-order valence-corrected chi connectivity index (χ1v) is 47.8. The van der Waals surface area contributed by atoms with Gasteiger partial charge in [-0.15, -0.1) is 0 Å². The van der Waals surface area contributed by atoms with E-state index in [4.69, 9.17) is 27.0 Å². The van der Waals surface area contributed by atoms with E-state index >= 15 is 0 Å². The lowest BCUT2D eigenvalue weighted by Gasteiger charge is -2.32. The average molecular weight is 1840 g/mol. The molecule has 1 saturated heterocycles. The molecule has 0 amide bonds. The first-order valence-electron chi connectivity index (χ1n) is 47.0. The van der Waals surface area contributed by atoms with Crippen molar-refractivity contribution in [3.05, 3.63) is 441 Å². The van der Waals surface area contributed by atoms with Crippen LogP contribution < -0.4 is 5.46 Å². The summed E-state index contributed by atoms with van der Waals surface area (Å²) in [6.45, 7) is 8.33. The Kier molecular flexibility index (Phi) is 18.6. The van der Waals surface area contributed by atoms with Gasteiger partial charge in [-0.25, -0.2) is 0 Å². The van der Waals surface area contributed by atoms with Gasteiger partial charge in [-0.2, -0.15) is 0 Å². The first-order chi connectivity index (χ1) is 67.7. The third-order valence-corrected chi connectivity index (χ3v) is 29.3. The SMILES string of the molecule is Brc1ccc2oc3ccc(-c4ccc5c(c4)c4ccccc4n5-c4ccccc4)cc3c2c1.CC1(C)OB(c2ccc3oc4ccc(-c5ccc6c(c5)c5ccccc5n6-c5ccccc5)cc4c3c2)OC1(C)C.c1ccc(-n2c3ccccc3c3cc(-c4ccc5oc6ccc(-c7ccc8oc9ccc(-c%10ccc%11c(c%10)c%10ccccc%10n%11-c%10ccccc%10)cc9c8c7)cc6c5c4)ccc32)cc1. The third kappa shape index (κ3) is 13.3. The van der Waals surface area contributed by atoms with E-state index in [2.05, 4.69) is 474 Å². The summed E-state index contributed by atoms with van der Waals surface area (Å²) in [6.07, 6.45) is 0. The third-order valence-electron chi connectivity index (χ3n) is 28.8. The first kappa shape index (κ1) is 80.9. The van der Waals surface area contributed by atoms with Crippen LogP contribution in [0.4, 0.5) is 0 Å². The maximum atomic E-state index is 6.44. The summed E-state index contributed by atoms with van der Waals surface area (Å²) in [7, 11) is -0.415. The van der Waals surface area contributed by atoms with Crippen molar-refractivity contribution in [2.45, 2.75) is 38.9 Å². The average Bonchev–Trinajstić information content (AvgIpc) is 1.58. The lowest BCUT2D eigenvalue weighted by Crippen LogP contribution is -2.41. The summed E-state index contributed by atoms with van der Waals surface area (Å²) in [4.78, 5) is 0. The summed E-state index contributed by atoms with van der Waals surface area (Å²) in [5.41, 5.74) is 33.2. The largest absolute Gasteiger partial charge is 0.494 e. The van der Waals surface area contributed by atoms with E-state index in [1.807, 2.05) is 24.3 Å². The predicted octanol–water partition coefficient (Wildman–Crippen LogP) is 34.4. The van der Waals surface area contributed by atoms with Gasteiger partial charge in [0.05, 0.1) is 55.3 Å². The zero-order chi connectivity index (χ0) is 91.8. The minimum atomic E-state index is -0.415. The van der Waals surface area contributed by atoms with Crippen LogP contribution in [0.15, 0.2) is 459 Å². The second-order valence-corrected chi connectivity index (χ2v) is 38.3. The molecule has 0 unspecified atom stereocenters. The second kappa shape index (κ2) is 31.7. The van der Waals surface area contributed by atoms with Crippen LogP contribution in [0.25, 0.3) is 253 Å². The minimum Gasteiger partial charge on any atom is -0.456 e. The van der Waals surface area contributed by atoms with Gasteiger partial charge < -0.3 is 45.2 Å². The minimum absolute atomic E-state index is 0.388. The molecule has 0 saturated carbocycles. The number of para-hydroxylation sites is 8. The molecule has 9 heterocycles. The van der Waals surface area contributed by atoms with Crippen LogP contribution >= 0.6 is 15.9 Å². The molecule has 0 bridgehead atoms. The number of hydrogen-bond acceptors (Lipinski definition) is 6. The van der Waals surface area contributed by atoms with Crippen molar-refractivity contribution in [3.8, 4) is 78.4 Å². The van der Waals surface area contributed by atoms with Crippen LogP contribution in [0, 0.1) is 0 Å². The Labute approximate surface area is 801 Å². The Morgan fingerprint density at radius 1 is 0.181 bits per heavy atom. The summed E-state index contributed by atoms with van der Waals surface area (Å²) in [5, 5.41) is 18.8. The maximum Gasteiger partial charge on any atom is 0.494 e. The van der Waals surface area contributed by atoms with Gasteiger partial charge >= 0.3 is 7.12 Å². The molecule has 8 aromatic heterocycles. The summed E-state index contributed by atoms with van der Waals surface area (Å²) in [6, 6.07) is 156. The van der Waals surface area contributed by atoms with E-state index in [1.165, 1.54) is 121 Å². The Morgan fingerprint density at radius 2 is 0.377 bits per heavy atom. The quantitative estimate of drug-likeness (QED) is 0.127. The molecule has 654 valence electrons. The molecule has 0 radical (unpaired) electrons. The Morgan fingerprint density at radius 3 is 0.638 bits per heavy atom. The molecule has 10 nitrogen and oxygen atoms in total. The van der Waals surface area contributed by atoms with Crippen LogP contribution in [0.3, 0.4) is 0 Å². The lowest BCUT2D eigenvalue weighted by molar-refractivity contribution is 0.00578. The number of benzene rings is 20. The van der Waals surface area contributed by atoms with Crippen molar-refractivity contribution >= 4 is 203 Å². The second-order valence-electron chi connectivity index (χ2n) is 37.3. The molecule has 0 spiro atoms. The van der Waals surface area contributed by atoms with E-state index in [1.54, 1.807) is 0 Å². The highest BCUT2D eigenvalue weighted by Gasteiger charge is 2.52. The molecule has 12 heteroatoms. The normalized spacial score (nSPS) is 13.3. The number of furan rings is 4. The molecule has 1 aliphatic heterocycles. The standard InChI is InChI=1S/C60H36N2O2.C36H30BNO3.C30H18BrNO/c1-3-11-43(12-4-1)61-53-17-9-7-15-45(53)47-31-37(19-25-55(47)61)39-21-27-57-49(33-39)51-35-41(23-29-59(51)63-57)42-24-30-60-52(36-42)50-34-40(22-28-58(50)64-60)38-20-26-56-48(32-38)46-16-8-10-18-54(46)62(56)44-13-5-2-6-14-44;1-35(2)36(3,4)41-37(40-35)25-16-19-34-30(22-25)29-21-24(15-18-33(29)39-34)23-14-17-32-28(20-23)27-12-8-9-13-31(27)38(32)26-10-6-5-7-11-26;31-21-12-15-30-26(18-21)25-17-20(11-14-29(25)33-30)19-10-13-28-24(16-19)23-8-4-5-9-27(23)32(28)22-6-2-1-3-7-22/h1-36H;5-22H,1-4H3;1-18H. The van der Waals surface area contributed by atoms with Crippen LogP contribution in [0.5, 0.6) is 0 Å². The van der Waals surface area contributed by atoms with E-state index in [-0.39, 0.29) is 11.2 Å². The topological polar surface area (TPSA) is 90.7 Å². The molecular weight excluding hydrogens is 1760 g/mol. The fraction of sp³-hybridized carbons (Fsp3) is 0.0476. The molecule has 1 aliphatic rings. The Hall–Kier alpha value is -16.7. The smallest absolute Gasteiger partial charge is 0.456 e. The Balaban J connectivity index is 0.000000112. The van der Waals surface area contributed by atoms with Crippen molar-refractivity contribution in [1.82, 2.24) is 18.3 Å². The molecular formula is C126H84BBrN4O6. The van der Waals surface area contributed by atoms with Gasteiger partial charge in [-0.05, 0) is 307 Å². The van der Waals surface area contributed by atoms with Gasteiger partial charge in [0, 0.05) is 113 Å². The van der Waals surface area contributed by atoms with Crippen molar-refractivity contribution in [3.63, 3.8) is 0 Å². The summed E-state index contributed by atoms with van der Waals surface area (Å²) in [5.74, 6) is 0. The molecule has 29 rings (SSSR count). The maximum absolute atomic E-state index is 6.44. The lowest BCUT2D eigenvalue weighted by atomic mass is 9.78. The van der Waals surface area contributed by atoms with Gasteiger partial charge in [0.15, 0.2) is 0 Å². The highest BCUT2D eigenvalue weighted by atomic mass is 79.9. The number of rotatable bonds is 10. The van der Waals surface area contributed by atoms with Crippen molar-refractivity contribution < 1.29 is 27.0 Å². The molecule has 0 aliphatic carbocycles. The number of nitrogens with zero attached hydrogens (tertiary/aromatic N) is 4. The van der Waals surface area contributed by atoms with Crippen LogP contribution in [-0.4, -0.2) is 36.6 Å². The summed E-state index contributed by atoms with van der Waals surface area (Å²) < 4.78 is 48.3. The van der Waals surface area contributed by atoms with Crippen molar-refractivity contribution in [1.29, 1.82) is 0 Å². The van der Waals surface area contributed by atoms with Gasteiger partial charge in [-0.3, -0.25) is 0 Å². The van der Waals surface area contributed by atoms with E-state index in [9.17, 15) is 0 Å². The van der Waals surface area contributed by atoms with Crippen LogP contribution in [0.1, 0.15) is 27.7 Å². The van der Waals surface area contributed by atoms with Crippen molar-refractivity contribution in [2.75, 3.05) is 0 Å². The monoisotopic (exact) mass is 1840 g/mol. The van der Waals surface area contributed by atoms with Crippen LogP contribution in [0.2, 0.25) is 0 Å². The highest BCUT2D eigenvalue weighted by molar-refractivity contribution is 9.10. The number of halogens is 1. The van der Waals surface area contributed by atoms with E-state index in [0.717, 1.165) is 143 Å². The zero-order valence-electron chi connectivity index (χ0n) is 75.8. The Bertz CT molecular complexity index is 9550. The molecule has 28 aromatic rings. The fourth-order valence-electron chi connectivity index (χ4n) is 21.3. The fourth-order valence-corrected chi connectivity index (χ4v) is 21.7. The molecule has 20 aromatic carbocycles. The van der Waals surface area contributed by atoms with Gasteiger partial charge in [0.1, 0.15) is 44.7 Å². The highest BCUT2D eigenvalue weighted by Crippen LogP contribution is 2.47. The van der Waals surface area contributed by atoms with Crippen LogP contribution in [-0.2, 0) is 9.31 Å². The molecule has 138 heavy (non-hydrogen) atoms.